The average molecular weight is 215 g/mol. The standard InChI is InChI=1S/C8H7ClN2O3/c1-5(10-12)7-4-6(11(13)14)2-3-8(7)9/h2-4,12H,1H3/b10-5-. The molecule has 0 radical (unpaired) electrons. The van der Waals surface area contributed by atoms with Crippen LogP contribution in [0.4, 0.5) is 5.69 Å². The molecule has 0 aliphatic rings. The molecule has 74 valence electrons. The molecule has 0 heterocycles. The number of oxime groups is 1. The van der Waals surface area contributed by atoms with Gasteiger partial charge in [0.05, 0.1) is 15.7 Å². The van der Waals surface area contributed by atoms with Crippen LogP contribution in [0.5, 0.6) is 0 Å². The maximum atomic E-state index is 10.4. The summed E-state index contributed by atoms with van der Waals surface area (Å²) in [5.41, 5.74) is 0.495. The van der Waals surface area contributed by atoms with E-state index < -0.39 is 4.92 Å². The number of hydrogen-bond donors (Lipinski definition) is 1. The maximum Gasteiger partial charge on any atom is 0.270 e. The lowest BCUT2D eigenvalue weighted by Crippen LogP contribution is -1.97. The van der Waals surface area contributed by atoms with Crippen molar-refractivity contribution in [2.24, 2.45) is 5.16 Å². The number of hydrogen-bond acceptors (Lipinski definition) is 4. The summed E-state index contributed by atoms with van der Waals surface area (Å²) in [7, 11) is 0. The fraction of sp³-hybridized carbons (Fsp3) is 0.125. The molecule has 1 aromatic carbocycles. The molecule has 0 aliphatic heterocycles. The predicted octanol–water partition coefficient (Wildman–Crippen LogP) is 2.45. The third-order valence-electron chi connectivity index (χ3n) is 1.70. The van der Waals surface area contributed by atoms with Crippen molar-refractivity contribution in [3.05, 3.63) is 38.9 Å². The molecule has 1 aromatic rings. The van der Waals surface area contributed by atoms with Crippen LogP contribution in [-0.2, 0) is 0 Å². The van der Waals surface area contributed by atoms with Gasteiger partial charge < -0.3 is 5.21 Å². The first-order valence-corrected chi connectivity index (χ1v) is 4.07. The van der Waals surface area contributed by atoms with Crippen molar-refractivity contribution in [1.82, 2.24) is 0 Å². The van der Waals surface area contributed by atoms with Crippen molar-refractivity contribution >= 4 is 23.0 Å². The Hall–Kier alpha value is -1.62. The molecule has 0 saturated heterocycles. The van der Waals surface area contributed by atoms with Crippen molar-refractivity contribution in [2.45, 2.75) is 6.92 Å². The first-order valence-electron chi connectivity index (χ1n) is 3.69. The minimum absolute atomic E-state index is 0.0904. The van der Waals surface area contributed by atoms with E-state index in [0.717, 1.165) is 0 Å². The van der Waals surface area contributed by atoms with Crippen molar-refractivity contribution < 1.29 is 10.1 Å². The fourth-order valence-electron chi connectivity index (χ4n) is 0.958. The summed E-state index contributed by atoms with van der Waals surface area (Å²) in [5, 5.41) is 22.2. The first-order chi connectivity index (χ1) is 6.56. The molecule has 0 aliphatic carbocycles. The summed E-state index contributed by atoms with van der Waals surface area (Å²) in [6.45, 7) is 1.50. The van der Waals surface area contributed by atoms with Crippen LogP contribution in [0, 0.1) is 10.1 Å². The second kappa shape index (κ2) is 4.06. The van der Waals surface area contributed by atoms with Crippen molar-refractivity contribution in [2.75, 3.05) is 0 Å². The molecule has 14 heavy (non-hydrogen) atoms. The molecule has 0 unspecified atom stereocenters. The van der Waals surface area contributed by atoms with Gasteiger partial charge in [-0.05, 0) is 13.0 Å². The molecule has 6 heteroatoms. The summed E-state index contributed by atoms with van der Waals surface area (Å²) >= 11 is 5.76. The van der Waals surface area contributed by atoms with Crippen molar-refractivity contribution in [3.63, 3.8) is 0 Å². The second-order valence-electron chi connectivity index (χ2n) is 2.61. The fourth-order valence-corrected chi connectivity index (χ4v) is 1.21. The van der Waals surface area contributed by atoms with Gasteiger partial charge >= 0.3 is 0 Å². The van der Waals surface area contributed by atoms with Crippen LogP contribution >= 0.6 is 11.6 Å². The summed E-state index contributed by atoms with van der Waals surface area (Å²) < 4.78 is 0. The van der Waals surface area contributed by atoms with E-state index in [1.54, 1.807) is 0 Å². The van der Waals surface area contributed by atoms with Crippen molar-refractivity contribution in [3.8, 4) is 0 Å². The molecule has 0 amide bonds. The summed E-state index contributed by atoms with van der Waals surface area (Å²) in [6.07, 6.45) is 0. The van der Waals surface area contributed by atoms with E-state index in [1.807, 2.05) is 0 Å². The van der Waals surface area contributed by atoms with Gasteiger partial charge in [0, 0.05) is 17.7 Å². The monoisotopic (exact) mass is 214 g/mol. The highest BCUT2D eigenvalue weighted by atomic mass is 35.5. The first kappa shape index (κ1) is 10.5. The molecule has 0 spiro atoms. The van der Waals surface area contributed by atoms with Gasteiger partial charge in [-0.1, -0.05) is 16.8 Å². The Morgan fingerprint density at radius 2 is 2.29 bits per heavy atom. The van der Waals surface area contributed by atoms with Crippen LogP contribution in [0.2, 0.25) is 5.02 Å². The van der Waals surface area contributed by atoms with Gasteiger partial charge in [0.25, 0.3) is 5.69 Å². The highest BCUT2D eigenvalue weighted by Crippen LogP contribution is 2.22. The third-order valence-corrected chi connectivity index (χ3v) is 2.03. The Balaban J connectivity index is 3.28. The zero-order chi connectivity index (χ0) is 10.7. The zero-order valence-corrected chi connectivity index (χ0v) is 8.02. The molecule has 0 fully saturated rings. The molecule has 0 bridgehead atoms. The topological polar surface area (TPSA) is 75.7 Å². The number of non-ortho nitro benzene ring substituents is 1. The lowest BCUT2D eigenvalue weighted by atomic mass is 10.1. The Bertz CT molecular complexity index is 404. The number of rotatable bonds is 2. The molecule has 0 aromatic heterocycles. The quantitative estimate of drug-likeness (QED) is 0.356. The lowest BCUT2D eigenvalue weighted by Gasteiger charge is -2.01. The Morgan fingerprint density at radius 3 is 2.79 bits per heavy atom. The molecular formula is C8H7ClN2O3. The Kier molecular flexibility index (Phi) is 3.03. The van der Waals surface area contributed by atoms with E-state index in [1.165, 1.54) is 25.1 Å². The third kappa shape index (κ3) is 2.00. The van der Waals surface area contributed by atoms with Crippen molar-refractivity contribution in [1.29, 1.82) is 0 Å². The summed E-state index contributed by atoms with van der Waals surface area (Å²) in [5.74, 6) is 0. The molecule has 0 atom stereocenters. The highest BCUT2D eigenvalue weighted by molar-refractivity contribution is 6.34. The summed E-state index contributed by atoms with van der Waals surface area (Å²) in [4.78, 5) is 9.90. The number of nitro groups is 1. The van der Waals surface area contributed by atoms with Gasteiger partial charge in [-0.2, -0.15) is 0 Å². The van der Waals surface area contributed by atoms with Crippen LogP contribution in [-0.4, -0.2) is 15.8 Å². The number of halogens is 1. The van der Waals surface area contributed by atoms with E-state index >= 15 is 0 Å². The average Bonchev–Trinajstić information content (AvgIpc) is 2.17. The van der Waals surface area contributed by atoms with Crippen LogP contribution in [0.15, 0.2) is 23.4 Å². The van der Waals surface area contributed by atoms with Gasteiger partial charge in [-0.15, -0.1) is 0 Å². The largest absolute Gasteiger partial charge is 0.411 e. The highest BCUT2D eigenvalue weighted by Gasteiger charge is 2.11. The van der Waals surface area contributed by atoms with Gasteiger partial charge in [0.15, 0.2) is 0 Å². The van der Waals surface area contributed by atoms with E-state index in [0.29, 0.717) is 10.6 Å². The van der Waals surface area contributed by atoms with E-state index in [-0.39, 0.29) is 11.4 Å². The van der Waals surface area contributed by atoms with Gasteiger partial charge in [0.1, 0.15) is 0 Å². The SMILES string of the molecule is C/C(=N/O)c1cc([N+](=O)[O-])ccc1Cl. The number of nitro benzene ring substituents is 1. The number of nitrogens with zero attached hydrogens (tertiary/aromatic N) is 2. The summed E-state index contributed by atoms with van der Waals surface area (Å²) in [6, 6.07) is 3.94. The molecular weight excluding hydrogens is 208 g/mol. The second-order valence-corrected chi connectivity index (χ2v) is 3.01. The minimum atomic E-state index is -0.537. The van der Waals surface area contributed by atoms with Crippen LogP contribution in [0.1, 0.15) is 12.5 Å². The zero-order valence-electron chi connectivity index (χ0n) is 7.27. The van der Waals surface area contributed by atoms with E-state index in [9.17, 15) is 10.1 Å². The Morgan fingerprint density at radius 1 is 1.64 bits per heavy atom. The smallest absolute Gasteiger partial charge is 0.270 e. The van der Waals surface area contributed by atoms with Crippen LogP contribution in [0.25, 0.3) is 0 Å². The van der Waals surface area contributed by atoms with Gasteiger partial charge in [-0.25, -0.2) is 0 Å². The van der Waals surface area contributed by atoms with Crippen LogP contribution in [0.3, 0.4) is 0 Å². The molecule has 5 nitrogen and oxygen atoms in total. The lowest BCUT2D eigenvalue weighted by molar-refractivity contribution is -0.384. The Labute approximate surface area is 84.8 Å². The predicted molar refractivity (Wildman–Crippen MR) is 52.1 cm³/mol. The normalized spacial score (nSPS) is 11.4. The minimum Gasteiger partial charge on any atom is -0.411 e. The van der Waals surface area contributed by atoms with E-state index in [2.05, 4.69) is 5.16 Å². The molecule has 1 N–H and O–H groups in total. The van der Waals surface area contributed by atoms with E-state index in [4.69, 9.17) is 16.8 Å². The number of benzene rings is 1. The molecule has 1 rings (SSSR count). The van der Waals surface area contributed by atoms with Gasteiger partial charge in [-0.3, -0.25) is 10.1 Å². The van der Waals surface area contributed by atoms with Crippen LogP contribution < -0.4 is 0 Å². The maximum absolute atomic E-state index is 10.4. The van der Waals surface area contributed by atoms with Gasteiger partial charge in [0.2, 0.25) is 0 Å². The molecule has 0 saturated carbocycles.